The largest absolute Gasteiger partial charge is 0.352 e. The minimum Gasteiger partial charge on any atom is -0.352 e. The summed E-state index contributed by atoms with van der Waals surface area (Å²) in [4.78, 5) is 28.9. The van der Waals surface area contributed by atoms with Crippen molar-refractivity contribution in [3.05, 3.63) is 101 Å². The van der Waals surface area contributed by atoms with E-state index >= 15 is 0 Å². The summed E-state index contributed by atoms with van der Waals surface area (Å²) in [5.41, 5.74) is 2.65. The minimum atomic E-state index is -3.85. The van der Waals surface area contributed by atoms with Gasteiger partial charge in [0, 0.05) is 19.0 Å². The lowest BCUT2D eigenvalue weighted by atomic mass is 10.0. The molecule has 0 unspecified atom stereocenters. The summed E-state index contributed by atoms with van der Waals surface area (Å²) in [5, 5.41) is 2.90. The molecule has 0 saturated carbocycles. The topological polar surface area (TPSA) is 86.8 Å². The van der Waals surface area contributed by atoms with Crippen LogP contribution in [0.1, 0.15) is 37.5 Å². The normalized spacial score (nSPS) is 12.2. The van der Waals surface area contributed by atoms with E-state index in [1.54, 1.807) is 24.3 Å². The fraction of sp³-hybridized carbons (Fsp3) is 0.333. The first-order chi connectivity index (χ1) is 18.5. The van der Waals surface area contributed by atoms with Crippen LogP contribution in [-0.2, 0) is 39.0 Å². The first kappa shape index (κ1) is 29.8. The molecule has 7 nitrogen and oxygen atoms in total. The Balaban J connectivity index is 2.07. The molecule has 0 saturated heterocycles. The third-order valence-electron chi connectivity index (χ3n) is 6.29. The molecule has 0 radical (unpaired) electrons. The Morgan fingerprint density at radius 2 is 1.51 bits per heavy atom. The number of hydrogen-bond donors (Lipinski definition) is 1. The molecular weight excluding hydrogens is 517 g/mol. The van der Waals surface area contributed by atoms with Gasteiger partial charge < -0.3 is 10.2 Å². The molecule has 0 aliphatic rings. The zero-order valence-electron chi connectivity index (χ0n) is 22.8. The first-order valence-electron chi connectivity index (χ1n) is 12.9. The van der Waals surface area contributed by atoms with Crippen LogP contribution in [0.2, 0.25) is 0 Å². The number of nitrogens with zero attached hydrogens (tertiary/aromatic N) is 2. The van der Waals surface area contributed by atoms with Crippen LogP contribution in [0.3, 0.4) is 0 Å². The van der Waals surface area contributed by atoms with Gasteiger partial charge in [-0.25, -0.2) is 12.8 Å². The molecule has 0 fully saturated rings. The Hall–Kier alpha value is -3.72. The highest BCUT2D eigenvalue weighted by atomic mass is 32.2. The SMILES string of the molecule is CCc1ccccc1N(CC(=O)N(Cc1ccc(F)cc1)[C@@H](Cc1ccccc1)C(=O)NC(C)C)S(C)(=O)=O. The Kier molecular flexibility index (Phi) is 10.2. The summed E-state index contributed by atoms with van der Waals surface area (Å²) < 4.78 is 40.6. The maximum atomic E-state index is 14.0. The number of sulfonamides is 1. The second-order valence-corrected chi connectivity index (χ2v) is 11.7. The number of para-hydroxylation sites is 1. The Morgan fingerprint density at radius 1 is 0.897 bits per heavy atom. The van der Waals surface area contributed by atoms with E-state index < -0.39 is 34.3 Å². The number of amides is 2. The number of aryl methyl sites for hydroxylation is 1. The molecule has 3 aromatic rings. The average molecular weight is 554 g/mol. The minimum absolute atomic E-state index is 0.00481. The summed E-state index contributed by atoms with van der Waals surface area (Å²) in [5.74, 6) is -1.32. The van der Waals surface area contributed by atoms with Crippen LogP contribution in [0.15, 0.2) is 78.9 Å². The highest BCUT2D eigenvalue weighted by Crippen LogP contribution is 2.24. The number of rotatable bonds is 12. The second kappa shape index (κ2) is 13.4. The maximum Gasteiger partial charge on any atom is 0.244 e. The van der Waals surface area contributed by atoms with Crippen LogP contribution >= 0.6 is 0 Å². The van der Waals surface area contributed by atoms with Gasteiger partial charge in [0.15, 0.2) is 0 Å². The van der Waals surface area contributed by atoms with Crippen LogP contribution < -0.4 is 9.62 Å². The van der Waals surface area contributed by atoms with E-state index in [4.69, 9.17) is 0 Å². The first-order valence-corrected chi connectivity index (χ1v) is 14.8. The molecule has 2 amide bonds. The molecule has 1 N–H and O–H groups in total. The highest BCUT2D eigenvalue weighted by molar-refractivity contribution is 7.92. The van der Waals surface area contributed by atoms with Crippen molar-refractivity contribution in [2.45, 2.75) is 52.2 Å². The van der Waals surface area contributed by atoms with Gasteiger partial charge in [0.05, 0.1) is 11.9 Å². The second-order valence-electron chi connectivity index (χ2n) is 9.77. The van der Waals surface area contributed by atoms with Gasteiger partial charge in [-0.2, -0.15) is 0 Å². The molecule has 3 aromatic carbocycles. The molecule has 0 spiro atoms. The van der Waals surface area contributed by atoms with Crippen molar-refractivity contribution in [2.24, 2.45) is 0 Å². The Labute approximate surface area is 230 Å². The fourth-order valence-corrected chi connectivity index (χ4v) is 5.25. The lowest BCUT2D eigenvalue weighted by molar-refractivity contribution is -0.140. The molecule has 0 aliphatic heterocycles. The molecule has 9 heteroatoms. The van der Waals surface area contributed by atoms with Crippen LogP contribution in [0.4, 0.5) is 10.1 Å². The van der Waals surface area contributed by atoms with Gasteiger partial charge in [0.1, 0.15) is 18.4 Å². The molecule has 0 bridgehead atoms. The third kappa shape index (κ3) is 8.38. The summed E-state index contributed by atoms with van der Waals surface area (Å²) in [6.07, 6.45) is 1.85. The van der Waals surface area contributed by atoms with Crippen molar-refractivity contribution in [2.75, 3.05) is 17.1 Å². The highest BCUT2D eigenvalue weighted by Gasteiger charge is 2.33. The van der Waals surface area contributed by atoms with E-state index in [0.29, 0.717) is 17.7 Å². The molecule has 0 heterocycles. The van der Waals surface area contributed by atoms with Crippen molar-refractivity contribution in [1.82, 2.24) is 10.2 Å². The van der Waals surface area contributed by atoms with Gasteiger partial charge in [0.2, 0.25) is 21.8 Å². The van der Waals surface area contributed by atoms with Crippen LogP contribution in [-0.4, -0.2) is 50.0 Å². The number of carbonyl (C=O) groups excluding carboxylic acids is 2. The number of benzene rings is 3. The van der Waals surface area contributed by atoms with Crippen molar-refractivity contribution in [3.63, 3.8) is 0 Å². The monoisotopic (exact) mass is 553 g/mol. The van der Waals surface area contributed by atoms with Gasteiger partial charge in [-0.15, -0.1) is 0 Å². The lowest BCUT2D eigenvalue weighted by Crippen LogP contribution is -2.54. The van der Waals surface area contributed by atoms with Gasteiger partial charge in [0.25, 0.3) is 0 Å². The average Bonchev–Trinajstić information content (AvgIpc) is 2.89. The van der Waals surface area contributed by atoms with Crippen LogP contribution in [0.25, 0.3) is 0 Å². The predicted octanol–water partition coefficient (Wildman–Crippen LogP) is 4.32. The zero-order valence-corrected chi connectivity index (χ0v) is 23.6. The van der Waals surface area contributed by atoms with Crippen molar-refractivity contribution in [3.8, 4) is 0 Å². The molecule has 3 rings (SSSR count). The van der Waals surface area contributed by atoms with Gasteiger partial charge >= 0.3 is 0 Å². The van der Waals surface area contributed by atoms with Crippen molar-refractivity contribution >= 4 is 27.5 Å². The van der Waals surface area contributed by atoms with Crippen LogP contribution in [0.5, 0.6) is 0 Å². The molecule has 1 atom stereocenters. The van der Waals surface area contributed by atoms with E-state index in [0.717, 1.165) is 21.7 Å². The maximum absolute atomic E-state index is 14.0. The number of carbonyl (C=O) groups is 2. The van der Waals surface area contributed by atoms with Crippen LogP contribution in [0, 0.1) is 5.82 Å². The molecule has 0 aliphatic carbocycles. The fourth-order valence-electron chi connectivity index (χ4n) is 4.37. The van der Waals surface area contributed by atoms with E-state index in [1.807, 2.05) is 63.2 Å². The van der Waals surface area contributed by atoms with Gasteiger partial charge in [-0.1, -0.05) is 67.6 Å². The summed E-state index contributed by atoms with van der Waals surface area (Å²) >= 11 is 0. The standard InChI is InChI=1S/C30H36FN3O4S/c1-5-25-13-9-10-14-27(25)34(39(4,37)38)21-29(35)33(20-24-15-17-26(31)18-16-24)28(30(36)32-22(2)3)19-23-11-7-6-8-12-23/h6-18,22,28H,5,19-21H2,1-4H3,(H,32,36)/t28-/m0/s1. The van der Waals surface area contributed by atoms with Gasteiger partial charge in [-0.05, 0) is 55.2 Å². The smallest absolute Gasteiger partial charge is 0.244 e. The lowest BCUT2D eigenvalue weighted by Gasteiger charge is -2.34. The molecule has 39 heavy (non-hydrogen) atoms. The van der Waals surface area contributed by atoms with Gasteiger partial charge in [-0.3, -0.25) is 13.9 Å². The van der Waals surface area contributed by atoms with Crippen molar-refractivity contribution < 1.29 is 22.4 Å². The third-order valence-corrected chi connectivity index (χ3v) is 7.42. The molecule has 0 aromatic heterocycles. The summed E-state index contributed by atoms with van der Waals surface area (Å²) in [6.45, 7) is 5.08. The zero-order chi connectivity index (χ0) is 28.6. The number of halogens is 1. The summed E-state index contributed by atoms with van der Waals surface area (Å²) in [7, 11) is -3.85. The predicted molar refractivity (Wildman–Crippen MR) is 152 cm³/mol. The molecule has 208 valence electrons. The number of nitrogens with one attached hydrogen (secondary N) is 1. The Morgan fingerprint density at radius 3 is 2.10 bits per heavy atom. The quantitative estimate of drug-likeness (QED) is 0.362. The Bertz CT molecular complexity index is 1360. The molecular formula is C30H36FN3O4S. The summed E-state index contributed by atoms with van der Waals surface area (Å²) in [6, 6.07) is 20.9. The van der Waals surface area contributed by atoms with E-state index in [9.17, 15) is 22.4 Å². The number of hydrogen-bond acceptors (Lipinski definition) is 4. The van der Waals surface area contributed by atoms with E-state index in [-0.39, 0.29) is 24.9 Å². The number of anilines is 1. The van der Waals surface area contributed by atoms with E-state index in [2.05, 4.69) is 5.32 Å². The van der Waals surface area contributed by atoms with Crippen molar-refractivity contribution in [1.29, 1.82) is 0 Å². The van der Waals surface area contributed by atoms with E-state index in [1.165, 1.54) is 17.0 Å².